The van der Waals surface area contributed by atoms with Gasteiger partial charge in [0.1, 0.15) is 61.0 Å². The molecule has 10 N–H and O–H groups in total. The fourth-order valence-electron chi connectivity index (χ4n) is 14.8. The number of aliphatic hydroxyl groups is 8. The van der Waals surface area contributed by atoms with Crippen molar-refractivity contribution in [2.75, 3.05) is 13.2 Å². The number of allylic oxidation sites excluding steroid dienone is 2. The Hall–Kier alpha value is -1.88. The summed E-state index contributed by atoms with van der Waals surface area (Å²) in [6.07, 6.45) is -13.5. The van der Waals surface area contributed by atoms with Gasteiger partial charge in [-0.25, -0.2) is 4.79 Å². The molecule has 370 valence electrons. The van der Waals surface area contributed by atoms with Crippen LogP contribution in [-0.2, 0) is 38.0 Å². The molecular formula is C47H74O18. The van der Waals surface area contributed by atoms with Gasteiger partial charge >= 0.3 is 11.9 Å². The van der Waals surface area contributed by atoms with E-state index in [1.807, 2.05) is 0 Å². The fraction of sp³-hybridized carbons (Fsp3) is 0.915. The van der Waals surface area contributed by atoms with E-state index in [0.29, 0.717) is 25.2 Å². The van der Waals surface area contributed by atoms with Crippen LogP contribution in [0.5, 0.6) is 0 Å². The van der Waals surface area contributed by atoms with E-state index >= 15 is 0 Å². The molecule has 18 nitrogen and oxygen atoms in total. The van der Waals surface area contributed by atoms with Crippen LogP contribution in [0.25, 0.3) is 0 Å². The summed E-state index contributed by atoms with van der Waals surface area (Å²) >= 11 is 0. The second-order valence-electron chi connectivity index (χ2n) is 23.1. The monoisotopic (exact) mass is 926 g/mol. The maximum absolute atomic E-state index is 13.1. The lowest BCUT2D eigenvalue weighted by atomic mass is 9.33. The summed E-state index contributed by atoms with van der Waals surface area (Å²) < 4.78 is 34.6. The smallest absolute Gasteiger partial charge is 0.335 e. The number of ether oxygens (including phenoxy) is 6. The Morgan fingerprint density at radius 3 is 1.95 bits per heavy atom. The zero-order chi connectivity index (χ0) is 47.6. The Morgan fingerprint density at radius 2 is 1.29 bits per heavy atom. The van der Waals surface area contributed by atoms with E-state index in [4.69, 9.17) is 28.4 Å². The average molecular weight is 927 g/mol. The Kier molecular flexibility index (Phi) is 13.1. The van der Waals surface area contributed by atoms with Gasteiger partial charge in [0.15, 0.2) is 25.0 Å². The van der Waals surface area contributed by atoms with Crippen LogP contribution in [0.3, 0.4) is 0 Å². The predicted octanol–water partition coefficient (Wildman–Crippen LogP) is 1.44. The van der Waals surface area contributed by atoms with Gasteiger partial charge in [-0.15, -0.1) is 0 Å². The van der Waals surface area contributed by atoms with E-state index in [-0.39, 0.29) is 33.5 Å². The first-order chi connectivity index (χ1) is 30.3. The predicted molar refractivity (Wildman–Crippen MR) is 225 cm³/mol. The zero-order valence-electron chi connectivity index (χ0n) is 38.7. The van der Waals surface area contributed by atoms with Gasteiger partial charge in [0.25, 0.3) is 0 Å². The van der Waals surface area contributed by atoms with Gasteiger partial charge in [-0.05, 0) is 109 Å². The summed E-state index contributed by atoms with van der Waals surface area (Å²) in [7, 11) is 0. The number of carboxylic acids is 2. The van der Waals surface area contributed by atoms with E-state index < -0.39 is 128 Å². The number of fused-ring (bicyclic) bond motifs is 7. The van der Waals surface area contributed by atoms with Crippen molar-refractivity contribution in [3.8, 4) is 0 Å². The average Bonchev–Trinajstić information content (AvgIpc) is 3.50. The van der Waals surface area contributed by atoms with E-state index in [1.165, 1.54) is 5.57 Å². The van der Waals surface area contributed by atoms with Gasteiger partial charge in [-0.1, -0.05) is 60.1 Å². The van der Waals surface area contributed by atoms with Crippen LogP contribution in [0.15, 0.2) is 11.6 Å². The van der Waals surface area contributed by atoms with E-state index in [2.05, 4.69) is 54.5 Å². The molecule has 0 bridgehead atoms. The molecule has 8 aliphatic rings. The van der Waals surface area contributed by atoms with E-state index in [9.17, 15) is 60.7 Å². The molecule has 0 radical (unpaired) electrons. The molecule has 22 atom stereocenters. The molecule has 4 saturated carbocycles. The van der Waals surface area contributed by atoms with Crippen molar-refractivity contribution in [3.05, 3.63) is 11.6 Å². The van der Waals surface area contributed by atoms with Crippen LogP contribution in [0.2, 0.25) is 0 Å². The highest BCUT2D eigenvalue weighted by Gasteiger charge is 2.70. The first kappa shape index (κ1) is 49.5. The van der Waals surface area contributed by atoms with Gasteiger partial charge in [0, 0.05) is 0 Å². The Morgan fingerprint density at radius 1 is 0.677 bits per heavy atom. The molecule has 0 aromatic rings. The van der Waals surface area contributed by atoms with Crippen molar-refractivity contribution in [1.29, 1.82) is 0 Å². The van der Waals surface area contributed by atoms with Crippen molar-refractivity contribution in [2.45, 2.75) is 205 Å². The highest BCUT2D eigenvalue weighted by Crippen LogP contribution is 2.76. The van der Waals surface area contributed by atoms with Crippen molar-refractivity contribution in [1.82, 2.24) is 0 Å². The van der Waals surface area contributed by atoms with Gasteiger partial charge < -0.3 is 79.5 Å². The summed E-state index contributed by atoms with van der Waals surface area (Å²) in [5, 5.41) is 106. The molecule has 4 unspecified atom stereocenters. The molecule has 3 heterocycles. The molecule has 5 aliphatic carbocycles. The van der Waals surface area contributed by atoms with Crippen LogP contribution >= 0.6 is 0 Å². The van der Waals surface area contributed by atoms with Crippen molar-refractivity contribution < 1.29 is 89.1 Å². The molecule has 7 fully saturated rings. The Balaban J connectivity index is 0.939. The summed E-state index contributed by atoms with van der Waals surface area (Å²) in [6.45, 7) is 14.8. The molecule has 8 rings (SSSR count). The molecule has 3 saturated heterocycles. The first-order valence-corrected chi connectivity index (χ1v) is 23.7. The standard InChI is InChI=1S/C47H74O18/c1-42(2)14-16-47(41(58)59)17-15-45(6)21(22(47)18-42)8-9-26-44(5)12-11-27(43(3,4)25(44)10-13-46(26,45)7)63-40-34(55)31(52)35(36(65-40)37(56)57)64-39-32(53)29(50)24(62-39)20-60-38-33(54)30(51)28(49)23(19-48)61-38/h8,22-36,38-40,48-55H,9-20H2,1-7H3,(H,56,57)(H,58,59)/t22?,23-,24+,25?,26?,27+,28-,29+,30+,31-,32-,33-,34-,35+,36+,38-,39+,40+,44+,45-,46-,47?/m1/s1. The summed E-state index contributed by atoms with van der Waals surface area (Å²) in [5.41, 5.74) is -0.118. The quantitative estimate of drug-likeness (QED) is 0.110. The number of carbonyl (C=O) groups is 2. The Labute approximate surface area is 380 Å². The normalized spacial score (nSPS) is 52.6. The summed E-state index contributed by atoms with van der Waals surface area (Å²) in [6, 6.07) is 0. The number of aliphatic carboxylic acids is 2. The van der Waals surface area contributed by atoms with Crippen LogP contribution in [0, 0.1) is 50.2 Å². The topological polar surface area (TPSA) is 292 Å². The maximum Gasteiger partial charge on any atom is 0.335 e. The third kappa shape index (κ3) is 7.76. The van der Waals surface area contributed by atoms with Crippen LogP contribution < -0.4 is 0 Å². The lowest BCUT2D eigenvalue weighted by molar-refractivity contribution is -0.343. The number of hydrogen-bond acceptors (Lipinski definition) is 16. The third-order valence-corrected chi connectivity index (χ3v) is 19.0. The highest BCUT2D eigenvalue weighted by molar-refractivity contribution is 5.76. The molecule has 0 amide bonds. The number of carboxylic acid groups (broad SMARTS) is 2. The van der Waals surface area contributed by atoms with Gasteiger partial charge in [-0.3, -0.25) is 4.79 Å². The Bertz CT molecular complexity index is 1820. The summed E-state index contributed by atoms with van der Waals surface area (Å²) in [4.78, 5) is 25.8. The minimum atomic E-state index is -1.91. The van der Waals surface area contributed by atoms with Crippen LogP contribution in [0.1, 0.15) is 113 Å². The highest BCUT2D eigenvalue weighted by atomic mass is 16.8. The SMILES string of the molecule is CC1(C)CCC2(C(=O)O)CC[C@]3(C)C(=CCC4[C@@]5(C)CC[C@H](O[C@H]6O[C@H](C(=O)O)[C@@H](O[C@@H]7O[C@@H](CO[C@@H]8O[C@H](CO)[C@@H](O)[C@H](O)[C@H]8O)[C@H](O)[C@H]7O)[C@H](O)[C@H]6O)C(C)(C)C5CC[C@]43C)C2C1. The second-order valence-corrected chi connectivity index (χ2v) is 23.1. The van der Waals surface area contributed by atoms with Crippen molar-refractivity contribution in [3.63, 3.8) is 0 Å². The largest absolute Gasteiger partial charge is 0.481 e. The van der Waals surface area contributed by atoms with Gasteiger partial charge in [0.05, 0.1) is 24.7 Å². The molecular weight excluding hydrogens is 852 g/mol. The minimum absolute atomic E-state index is 0.00952. The summed E-state index contributed by atoms with van der Waals surface area (Å²) in [5.74, 6) is -1.71. The number of aliphatic hydroxyl groups excluding tert-OH is 8. The molecule has 0 aromatic carbocycles. The second kappa shape index (κ2) is 17.2. The van der Waals surface area contributed by atoms with Crippen LogP contribution in [0.4, 0.5) is 0 Å². The molecule has 0 aromatic heterocycles. The van der Waals surface area contributed by atoms with Crippen LogP contribution in [-0.4, -0.2) is 168 Å². The van der Waals surface area contributed by atoms with Crippen molar-refractivity contribution >= 4 is 11.9 Å². The maximum atomic E-state index is 13.1. The third-order valence-electron chi connectivity index (χ3n) is 19.0. The zero-order valence-corrected chi connectivity index (χ0v) is 38.7. The lowest BCUT2D eigenvalue weighted by Crippen LogP contribution is -2.66. The minimum Gasteiger partial charge on any atom is -0.481 e. The van der Waals surface area contributed by atoms with Gasteiger partial charge in [0.2, 0.25) is 0 Å². The molecule has 65 heavy (non-hydrogen) atoms. The van der Waals surface area contributed by atoms with E-state index in [0.717, 1.165) is 44.9 Å². The number of rotatable bonds is 10. The molecule has 3 aliphatic heterocycles. The lowest BCUT2D eigenvalue weighted by Gasteiger charge is -2.71. The molecule has 18 heteroatoms. The fourth-order valence-corrected chi connectivity index (χ4v) is 14.8. The van der Waals surface area contributed by atoms with Gasteiger partial charge in [-0.2, -0.15) is 0 Å². The molecule has 0 spiro atoms. The van der Waals surface area contributed by atoms with E-state index in [1.54, 1.807) is 0 Å². The van der Waals surface area contributed by atoms with Crippen molar-refractivity contribution in [2.24, 2.45) is 50.2 Å². The first-order valence-electron chi connectivity index (χ1n) is 23.7. The number of hydrogen-bond donors (Lipinski definition) is 10.